The van der Waals surface area contributed by atoms with Gasteiger partial charge >= 0.3 is 5.97 Å². The van der Waals surface area contributed by atoms with Crippen LogP contribution in [-0.4, -0.2) is 18.1 Å². The lowest BCUT2D eigenvalue weighted by atomic mass is 10.1. The van der Waals surface area contributed by atoms with E-state index >= 15 is 0 Å². The van der Waals surface area contributed by atoms with Crippen LogP contribution >= 0.6 is 7.05 Å². The third-order valence-electron chi connectivity index (χ3n) is 4.56. The van der Waals surface area contributed by atoms with E-state index in [0.29, 0.717) is 6.61 Å². The van der Waals surface area contributed by atoms with Crippen molar-refractivity contribution in [2.75, 3.05) is 6.61 Å². The van der Waals surface area contributed by atoms with Crippen LogP contribution in [0, 0.1) is 0 Å². The van der Waals surface area contributed by atoms with E-state index in [1.54, 1.807) is 0 Å². The number of rotatable bonds is 6. The molecule has 3 rings (SSSR count). The molecule has 3 nitrogen and oxygen atoms in total. The SMILES string of the molecule is CCOC(=O)C(C)(C)N=P(c1ccccc1)(c1ccccc1)c1ccccc1. The lowest BCUT2D eigenvalue weighted by Crippen LogP contribution is -2.35. The van der Waals surface area contributed by atoms with E-state index in [1.807, 2.05) is 75.4 Å². The van der Waals surface area contributed by atoms with Crippen LogP contribution in [-0.2, 0) is 9.53 Å². The summed E-state index contributed by atoms with van der Waals surface area (Å²) in [4.78, 5) is 12.7. The lowest BCUT2D eigenvalue weighted by Gasteiger charge is -2.31. The minimum absolute atomic E-state index is 0.304. The second-order valence-corrected chi connectivity index (χ2v) is 10.0. The standard InChI is InChI=1S/C24H26NO2P/c1-4-27-23(26)24(2,3)25-28(20-14-8-5-9-15-20,21-16-10-6-11-17-21)22-18-12-7-13-19-22/h5-19H,4H2,1-3H3. The predicted octanol–water partition coefficient (Wildman–Crippen LogP) is 4.51. The fourth-order valence-electron chi connectivity index (χ4n) is 3.28. The largest absolute Gasteiger partial charge is 0.464 e. The summed E-state index contributed by atoms with van der Waals surface area (Å²) in [6.07, 6.45) is 0. The monoisotopic (exact) mass is 391 g/mol. The van der Waals surface area contributed by atoms with Crippen LogP contribution in [0.15, 0.2) is 95.7 Å². The molecule has 144 valence electrons. The molecule has 28 heavy (non-hydrogen) atoms. The van der Waals surface area contributed by atoms with Gasteiger partial charge in [-0.15, -0.1) is 0 Å². The number of hydrogen-bond acceptors (Lipinski definition) is 3. The molecule has 0 amide bonds. The van der Waals surface area contributed by atoms with Gasteiger partial charge in [0.15, 0.2) is 5.54 Å². The highest BCUT2D eigenvalue weighted by molar-refractivity contribution is 7.87. The zero-order valence-electron chi connectivity index (χ0n) is 16.6. The van der Waals surface area contributed by atoms with Gasteiger partial charge in [-0.25, -0.2) is 4.79 Å². The van der Waals surface area contributed by atoms with E-state index in [9.17, 15) is 4.79 Å². The fraction of sp³-hybridized carbons (Fsp3) is 0.208. The van der Waals surface area contributed by atoms with E-state index in [1.165, 1.54) is 0 Å². The zero-order valence-corrected chi connectivity index (χ0v) is 17.5. The minimum atomic E-state index is -2.43. The molecule has 4 heteroatoms. The van der Waals surface area contributed by atoms with Crippen molar-refractivity contribution >= 4 is 28.9 Å². The van der Waals surface area contributed by atoms with Gasteiger partial charge in [-0.2, -0.15) is 0 Å². The summed E-state index contributed by atoms with van der Waals surface area (Å²) in [6, 6.07) is 30.9. The number of nitrogens with zero attached hydrogens (tertiary/aromatic N) is 1. The second kappa shape index (κ2) is 8.58. The second-order valence-electron chi connectivity index (χ2n) is 7.02. The molecule has 0 fully saturated rings. The van der Waals surface area contributed by atoms with Crippen LogP contribution in [0.1, 0.15) is 20.8 Å². The Bertz CT molecular complexity index is 864. The maximum atomic E-state index is 12.7. The first-order valence-corrected chi connectivity index (χ1v) is 11.2. The van der Waals surface area contributed by atoms with Crippen molar-refractivity contribution in [2.45, 2.75) is 26.3 Å². The summed E-state index contributed by atoms with van der Waals surface area (Å²) in [7, 11) is -2.43. The Hall–Kier alpha value is -2.64. The van der Waals surface area contributed by atoms with E-state index in [0.717, 1.165) is 15.9 Å². The van der Waals surface area contributed by atoms with Crippen molar-refractivity contribution in [1.29, 1.82) is 0 Å². The van der Waals surface area contributed by atoms with Gasteiger partial charge in [0.25, 0.3) is 0 Å². The highest BCUT2D eigenvalue weighted by atomic mass is 31.2. The summed E-state index contributed by atoms with van der Waals surface area (Å²) < 4.78 is 10.7. The third-order valence-corrected chi connectivity index (χ3v) is 8.50. The van der Waals surface area contributed by atoms with Gasteiger partial charge in [-0.1, -0.05) is 91.0 Å². The summed E-state index contributed by atoms with van der Waals surface area (Å²) in [6.45, 7) is 5.84. The molecule has 3 aromatic carbocycles. The molecule has 0 aromatic heterocycles. The number of carbonyl (C=O) groups excluding carboxylic acids is 1. The van der Waals surface area contributed by atoms with Gasteiger partial charge in [0.2, 0.25) is 0 Å². The van der Waals surface area contributed by atoms with Crippen LogP contribution < -0.4 is 15.9 Å². The van der Waals surface area contributed by atoms with Crippen LogP contribution in [0.25, 0.3) is 0 Å². The van der Waals surface area contributed by atoms with E-state index in [4.69, 9.17) is 9.48 Å². The average molecular weight is 391 g/mol. The van der Waals surface area contributed by atoms with Crippen molar-refractivity contribution in [2.24, 2.45) is 4.74 Å². The molecular weight excluding hydrogens is 365 g/mol. The first-order chi connectivity index (χ1) is 13.5. The quantitative estimate of drug-likeness (QED) is 0.458. The summed E-state index contributed by atoms with van der Waals surface area (Å²) in [5, 5.41) is 3.35. The average Bonchev–Trinajstić information content (AvgIpc) is 2.74. The topological polar surface area (TPSA) is 38.7 Å². The highest BCUT2D eigenvalue weighted by Gasteiger charge is 2.35. The van der Waals surface area contributed by atoms with Crippen molar-refractivity contribution in [3.05, 3.63) is 91.0 Å². The molecule has 0 bridgehead atoms. The normalized spacial score (nSPS) is 11.7. The van der Waals surface area contributed by atoms with Gasteiger partial charge in [0, 0.05) is 15.9 Å². The molecule has 0 aliphatic rings. The molecule has 0 heterocycles. The molecule has 0 spiro atoms. The van der Waals surface area contributed by atoms with Gasteiger partial charge in [-0.3, -0.25) is 4.74 Å². The zero-order chi connectivity index (χ0) is 20.0. The van der Waals surface area contributed by atoms with Crippen molar-refractivity contribution < 1.29 is 9.53 Å². The number of benzene rings is 3. The predicted molar refractivity (Wildman–Crippen MR) is 118 cm³/mol. The maximum Gasteiger partial charge on any atom is 0.333 e. The minimum Gasteiger partial charge on any atom is -0.464 e. The molecule has 3 aromatic rings. The van der Waals surface area contributed by atoms with Gasteiger partial charge in [-0.05, 0) is 20.8 Å². The molecule has 0 aliphatic carbocycles. The molecule has 0 unspecified atom stereocenters. The lowest BCUT2D eigenvalue weighted by molar-refractivity contribution is -0.148. The Balaban J connectivity index is 2.42. The van der Waals surface area contributed by atoms with Crippen LogP contribution in [0.3, 0.4) is 0 Å². The Labute approximate surface area is 167 Å². The molecule has 0 atom stereocenters. The number of ether oxygens (including phenoxy) is 1. The Morgan fingerprint density at radius 1 is 0.786 bits per heavy atom. The molecule has 0 saturated carbocycles. The number of carbonyl (C=O) groups is 1. The highest BCUT2D eigenvalue weighted by Crippen LogP contribution is 2.48. The molecule has 0 aliphatic heterocycles. The molecular formula is C24H26NO2P. The van der Waals surface area contributed by atoms with Gasteiger partial charge in [0.05, 0.1) is 13.7 Å². The Morgan fingerprint density at radius 3 is 1.46 bits per heavy atom. The molecule has 0 radical (unpaired) electrons. The Morgan fingerprint density at radius 2 is 1.14 bits per heavy atom. The fourth-order valence-corrected chi connectivity index (χ4v) is 7.16. The Kier molecular flexibility index (Phi) is 6.16. The van der Waals surface area contributed by atoms with Gasteiger partial charge < -0.3 is 4.74 Å². The van der Waals surface area contributed by atoms with Crippen molar-refractivity contribution in [1.82, 2.24) is 0 Å². The van der Waals surface area contributed by atoms with Crippen molar-refractivity contribution in [3.8, 4) is 0 Å². The number of hydrogen-bond donors (Lipinski definition) is 0. The van der Waals surface area contributed by atoms with E-state index < -0.39 is 12.6 Å². The van der Waals surface area contributed by atoms with E-state index in [2.05, 4.69) is 36.4 Å². The van der Waals surface area contributed by atoms with Crippen LogP contribution in [0.2, 0.25) is 0 Å². The molecule has 0 saturated heterocycles. The van der Waals surface area contributed by atoms with Crippen molar-refractivity contribution in [3.63, 3.8) is 0 Å². The van der Waals surface area contributed by atoms with Crippen LogP contribution in [0.4, 0.5) is 0 Å². The first-order valence-electron chi connectivity index (χ1n) is 9.48. The smallest absolute Gasteiger partial charge is 0.333 e. The third kappa shape index (κ3) is 3.95. The van der Waals surface area contributed by atoms with Gasteiger partial charge in [0.1, 0.15) is 0 Å². The summed E-state index contributed by atoms with van der Waals surface area (Å²) in [5.41, 5.74) is -0.981. The number of esters is 1. The van der Waals surface area contributed by atoms with E-state index in [-0.39, 0.29) is 5.97 Å². The summed E-state index contributed by atoms with van der Waals surface area (Å²) in [5.74, 6) is -0.304. The first kappa shape index (κ1) is 20.1. The molecule has 0 N–H and O–H groups in total. The van der Waals surface area contributed by atoms with Crippen LogP contribution in [0.5, 0.6) is 0 Å². The maximum absolute atomic E-state index is 12.7. The summed E-state index contributed by atoms with van der Waals surface area (Å²) >= 11 is 0.